The van der Waals surface area contributed by atoms with E-state index in [0.717, 1.165) is 11.8 Å². The lowest BCUT2D eigenvalue weighted by Crippen LogP contribution is -2.49. The predicted octanol–water partition coefficient (Wildman–Crippen LogP) is 3.42. The molecule has 0 saturated carbocycles. The molecule has 34 heavy (non-hydrogen) atoms. The lowest BCUT2D eigenvalue weighted by atomic mass is 9.77. The second-order valence-electron chi connectivity index (χ2n) is 8.39. The number of H-pyrrole nitrogens is 1. The molecule has 0 aliphatic carbocycles. The Morgan fingerprint density at radius 2 is 2.06 bits per heavy atom. The number of benzene rings is 1. The van der Waals surface area contributed by atoms with Crippen LogP contribution in [-0.2, 0) is 22.0 Å². The Morgan fingerprint density at radius 3 is 2.65 bits per heavy atom. The second-order valence-corrected chi connectivity index (χ2v) is 8.39. The number of carbonyl (C=O) groups is 3. The predicted molar refractivity (Wildman–Crippen MR) is 121 cm³/mol. The highest BCUT2D eigenvalue weighted by Gasteiger charge is 2.45. The van der Waals surface area contributed by atoms with E-state index in [-0.39, 0.29) is 29.1 Å². The van der Waals surface area contributed by atoms with Gasteiger partial charge < -0.3 is 19.6 Å². The van der Waals surface area contributed by atoms with Crippen LogP contribution in [0.25, 0.3) is 4.85 Å². The van der Waals surface area contributed by atoms with Crippen LogP contribution in [0.4, 0.5) is 15.8 Å². The summed E-state index contributed by atoms with van der Waals surface area (Å²) in [4.78, 5) is 49.3. The van der Waals surface area contributed by atoms with Crippen LogP contribution >= 0.6 is 0 Å². The first-order valence-corrected chi connectivity index (χ1v) is 10.5. The smallest absolute Gasteiger partial charge is 0.272 e. The Labute approximate surface area is 194 Å². The van der Waals surface area contributed by atoms with Gasteiger partial charge >= 0.3 is 0 Å². The number of halogens is 1. The minimum absolute atomic E-state index is 0.0433. The molecule has 9 nitrogen and oxygen atoms in total. The second kappa shape index (κ2) is 8.68. The maximum atomic E-state index is 13.6. The maximum Gasteiger partial charge on any atom is 0.272 e. The quantitative estimate of drug-likeness (QED) is 0.317. The Balaban J connectivity index is 1.59. The van der Waals surface area contributed by atoms with Crippen molar-refractivity contribution in [1.82, 2.24) is 14.5 Å². The fourth-order valence-electron chi connectivity index (χ4n) is 4.27. The van der Waals surface area contributed by atoms with Gasteiger partial charge in [-0.1, -0.05) is 0 Å². The summed E-state index contributed by atoms with van der Waals surface area (Å²) in [7, 11) is 1.62. The minimum Gasteiger partial charge on any atom is -0.379 e. The van der Waals surface area contributed by atoms with Crippen molar-refractivity contribution in [2.45, 2.75) is 25.7 Å². The number of Topliss-reactive ketones (excluding diaryl/α,β-unsaturated/α-hetero) is 2. The molecule has 0 radical (unpaired) electrons. The summed E-state index contributed by atoms with van der Waals surface area (Å²) >= 11 is 0. The molecule has 1 fully saturated rings. The topological polar surface area (TPSA) is 110 Å². The van der Waals surface area contributed by atoms with E-state index in [1.165, 1.54) is 18.5 Å². The van der Waals surface area contributed by atoms with E-state index in [4.69, 9.17) is 11.3 Å². The van der Waals surface area contributed by atoms with Gasteiger partial charge in [-0.05, 0) is 37.6 Å². The van der Waals surface area contributed by atoms with Gasteiger partial charge in [0, 0.05) is 36.7 Å². The van der Waals surface area contributed by atoms with E-state index in [9.17, 15) is 18.8 Å². The molecule has 0 spiro atoms. The fraction of sp³-hybridized carbons (Fsp3) is 0.292. The van der Waals surface area contributed by atoms with Gasteiger partial charge in [0.2, 0.25) is 17.3 Å². The number of nitrogens with one attached hydrogen (secondary N) is 2. The van der Waals surface area contributed by atoms with Gasteiger partial charge in [-0.25, -0.2) is 14.2 Å². The van der Waals surface area contributed by atoms with Gasteiger partial charge in [-0.2, -0.15) is 0 Å². The number of rotatable bonds is 7. The first kappa shape index (κ1) is 23.1. The molecule has 2 aromatic heterocycles. The zero-order valence-corrected chi connectivity index (χ0v) is 18.9. The van der Waals surface area contributed by atoms with Crippen molar-refractivity contribution in [3.8, 4) is 0 Å². The van der Waals surface area contributed by atoms with Crippen molar-refractivity contribution in [1.29, 1.82) is 0 Å². The molecule has 2 N–H and O–H groups in total. The number of carbonyl (C=O) groups excluding carboxylic acids is 3. The summed E-state index contributed by atoms with van der Waals surface area (Å²) in [5, 5.41) is 2.63. The number of ketones is 2. The Hall–Kier alpha value is -4.10. The van der Waals surface area contributed by atoms with Crippen molar-refractivity contribution in [3.05, 3.63) is 76.2 Å². The molecule has 1 aliphatic rings. The maximum absolute atomic E-state index is 13.6. The van der Waals surface area contributed by atoms with Crippen LogP contribution in [0.1, 0.15) is 44.2 Å². The van der Waals surface area contributed by atoms with Crippen LogP contribution in [0, 0.1) is 26.2 Å². The van der Waals surface area contributed by atoms with E-state index in [1.807, 2.05) is 0 Å². The summed E-state index contributed by atoms with van der Waals surface area (Å²) < 4.78 is 20.5. The van der Waals surface area contributed by atoms with Gasteiger partial charge in [0.1, 0.15) is 11.5 Å². The number of aromatic nitrogens is 3. The lowest BCUT2D eigenvalue weighted by Gasteiger charge is -2.39. The van der Waals surface area contributed by atoms with Crippen LogP contribution in [0.5, 0.6) is 0 Å². The molecular formula is C24H22FN5O4. The van der Waals surface area contributed by atoms with E-state index in [1.54, 1.807) is 31.7 Å². The Morgan fingerprint density at radius 1 is 1.32 bits per heavy atom. The molecule has 1 saturated heterocycles. The monoisotopic (exact) mass is 463 g/mol. The third-order valence-corrected chi connectivity index (χ3v) is 6.28. The number of ether oxygens (including phenoxy) is 1. The zero-order chi connectivity index (χ0) is 24.6. The van der Waals surface area contributed by atoms with Crippen molar-refractivity contribution in [2.24, 2.45) is 7.05 Å². The van der Waals surface area contributed by atoms with Crippen LogP contribution in [0.15, 0.2) is 30.7 Å². The molecule has 3 aromatic rings. The summed E-state index contributed by atoms with van der Waals surface area (Å²) in [5.41, 5.74) is 1.35. The van der Waals surface area contributed by atoms with Crippen molar-refractivity contribution in [2.75, 3.05) is 18.5 Å². The highest BCUT2D eigenvalue weighted by molar-refractivity contribution is 6.44. The summed E-state index contributed by atoms with van der Waals surface area (Å²) in [5.74, 6) is -2.48. The number of aromatic amines is 1. The molecular weight excluding hydrogens is 441 g/mol. The third kappa shape index (κ3) is 3.80. The largest absolute Gasteiger partial charge is 0.379 e. The van der Waals surface area contributed by atoms with Crippen molar-refractivity contribution in [3.63, 3.8) is 0 Å². The van der Waals surface area contributed by atoms with Crippen molar-refractivity contribution < 1.29 is 23.5 Å². The van der Waals surface area contributed by atoms with Crippen LogP contribution in [0.2, 0.25) is 0 Å². The van der Waals surface area contributed by atoms with Crippen molar-refractivity contribution >= 4 is 28.8 Å². The number of anilines is 1. The molecule has 174 valence electrons. The average Bonchev–Trinajstić information content (AvgIpc) is 3.39. The fourth-order valence-corrected chi connectivity index (χ4v) is 4.27. The van der Waals surface area contributed by atoms with Crippen LogP contribution < -0.4 is 5.32 Å². The molecule has 10 heteroatoms. The highest BCUT2D eigenvalue weighted by atomic mass is 19.1. The molecule has 1 aliphatic heterocycles. The Bertz CT molecular complexity index is 1350. The molecule has 4 rings (SSSR count). The summed E-state index contributed by atoms with van der Waals surface area (Å²) in [6.45, 7) is 10.9. The minimum atomic E-state index is -0.685. The number of hydrogen-bond acceptors (Lipinski definition) is 5. The molecule has 0 atom stereocenters. The average molecular weight is 463 g/mol. The Kier molecular flexibility index (Phi) is 5.89. The van der Waals surface area contributed by atoms with E-state index in [2.05, 4.69) is 20.1 Å². The number of amides is 1. The van der Waals surface area contributed by atoms with Gasteiger partial charge in [-0.15, -0.1) is 0 Å². The van der Waals surface area contributed by atoms with E-state index in [0.29, 0.717) is 24.5 Å². The van der Waals surface area contributed by atoms with E-state index >= 15 is 0 Å². The summed E-state index contributed by atoms with van der Waals surface area (Å²) in [6.07, 6.45) is 3.09. The lowest BCUT2D eigenvalue weighted by molar-refractivity contribution is -0.123. The SMILES string of the molecule is [C-]#[N+]c1cc(NC(=O)c2c(C)c(C(=O)C(=O)CC3(c4cnc[nH]4)COC3)c(C)n2C)ccc1F. The normalized spacial score (nSPS) is 14.2. The third-order valence-electron chi connectivity index (χ3n) is 6.28. The highest BCUT2D eigenvalue weighted by Crippen LogP contribution is 2.35. The summed E-state index contributed by atoms with van der Waals surface area (Å²) in [6, 6.07) is 3.67. The molecule has 1 aromatic carbocycles. The molecule has 0 unspecified atom stereocenters. The van der Waals surface area contributed by atoms with Gasteiger partial charge in [0.05, 0.1) is 37.1 Å². The first-order valence-electron chi connectivity index (χ1n) is 10.5. The first-order chi connectivity index (χ1) is 16.2. The number of imidazole rings is 1. The number of hydrogen-bond donors (Lipinski definition) is 2. The van der Waals surface area contributed by atoms with Gasteiger partial charge in [-0.3, -0.25) is 14.4 Å². The van der Waals surface area contributed by atoms with Crippen LogP contribution in [-0.4, -0.2) is 45.2 Å². The number of nitrogens with zero attached hydrogens (tertiary/aromatic N) is 3. The van der Waals surface area contributed by atoms with Gasteiger partial charge in [0.25, 0.3) is 5.91 Å². The molecule has 3 heterocycles. The van der Waals surface area contributed by atoms with E-state index < -0.39 is 28.7 Å². The molecule has 0 bridgehead atoms. The van der Waals surface area contributed by atoms with Crippen LogP contribution in [0.3, 0.4) is 0 Å². The zero-order valence-electron chi connectivity index (χ0n) is 18.9. The van der Waals surface area contributed by atoms with Gasteiger partial charge in [0.15, 0.2) is 0 Å². The molecule has 1 amide bonds. The standard InChI is InChI=1S/C24H22FN5O4/c1-13-20(22(32)18(31)8-24(10-34-11-24)19-9-27-12-28-19)14(2)30(4)21(13)23(33)29-15-5-6-16(25)17(7-15)26-3/h5-7,9,12H,8,10-11H2,1-2,4H3,(H,27,28)(H,29,33).